The highest BCUT2D eigenvalue weighted by atomic mass is 35.5. The van der Waals surface area contributed by atoms with E-state index in [4.69, 9.17) is 11.6 Å². The van der Waals surface area contributed by atoms with Gasteiger partial charge in [0.25, 0.3) is 5.91 Å². The Labute approximate surface area is 174 Å². The third-order valence-corrected chi connectivity index (χ3v) is 5.31. The summed E-state index contributed by atoms with van der Waals surface area (Å²) >= 11 is 5.93. The minimum absolute atomic E-state index is 0.0344. The number of amides is 1. The van der Waals surface area contributed by atoms with Crippen LogP contribution in [0.5, 0.6) is 0 Å². The summed E-state index contributed by atoms with van der Waals surface area (Å²) in [6.45, 7) is 7.22. The number of carbonyl (C=O) groups excluding carboxylic acids is 2. The van der Waals surface area contributed by atoms with Crippen molar-refractivity contribution >= 4 is 29.0 Å². The molecule has 4 nitrogen and oxygen atoms in total. The first kappa shape index (κ1) is 21.1. The number of hydrogen-bond acceptors (Lipinski definition) is 3. The van der Waals surface area contributed by atoms with Gasteiger partial charge >= 0.3 is 0 Å². The number of aliphatic hydroxyl groups is 1. The van der Waals surface area contributed by atoms with E-state index >= 15 is 0 Å². The Bertz CT molecular complexity index is 1010. The van der Waals surface area contributed by atoms with Gasteiger partial charge in [-0.2, -0.15) is 0 Å². The number of halogens is 2. The molecule has 0 bridgehead atoms. The molecule has 1 aliphatic rings. The number of nitrogens with zero attached hydrogens (tertiary/aromatic N) is 1. The van der Waals surface area contributed by atoms with Crippen LogP contribution in [0.15, 0.2) is 53.8 Å². The lowest BCUT2D eigenvalue weighted by Gasteiger charge is -2.29. The zero-order valence-electron chi connectivity index (χ0n) is 16.8. The zero-order chi connectivity index (χ0) is 21.5. The summed E-state index contributed by atoms with van der Waals surface area (Å²) < 4.78 is 13.7. The van der Waals surface area contributed by atoms with Crippen molar-refractivity contribution in [3.8, 4) is 0 Å². The van der Waals surface area contributed by atoms with E-state index in [0.717, 1.165) is 18.1 Å². The molecule has 0 radical (unpaired) electrons. The maximum Gasteiger partial charge on any atom is 0.294 e. The highest BCUT2D eigenvalue weighted by Crippen LogP contribution is 2.44. The first-order valence-electron chi connectivity index (χ1n) is 9.41. The predicted octanol–water partition coefficient (Wildman–Crippen LogP) is 5.56. The quantitative estimate of drug-likeness (QED) is 0.711. The molecule has 1 N–H and O–H groups in total. The van der Waals surface area contributed by atoms with Gasteiger partial charge in [0, 0.05) is 11.1 Å². The third-order valence-electron chi connectivity index (χ3n) is 5.02. The van der Waals surface area contributed by atoms with Crippen LogP contribution in [0, 0.1) is 11.2 Å². The monoisotopic (exact) mass is 415 g/mol. The summed E-state index contributed by atoms with van der Waals surface area (Å²) in [5.41, 5.74) is 1.31. The van der Waals surface area contributed by atoms with E-state index in [-0.39, 0.29) is 16.4 Å². The number of rotatable bonds is 4. The fourth-order valence-corrected chi connectivity index (χ4v) is 3.57. The molecule has 2 aromatic rings. The summed E-state index contributed by atoms with van der Waals surface area (Å²) in [5.74, 6) is -2.25. The van der Waals surface area contributed by atoms with E-state index in [1.54, 1.807) is 20.8 Å². The number of benzene rings is 2. The Balaban J connectivity index is 2.20. The van der Waals surface area contributed by atoms with Crippen LogP contribution < -0.4 is 4.90 Å². The Morgan fingerprint density at radius 3 is 2.31 bits per heavy atom. The minimum atomic E-state index is -0.832. The van der Waals surface area contributed by atoms with Crippen molar-refractivity contribution in [2.75, 3.05) is 4.90 Å². The molecular formula is C23H23ClFNO3. The molecule has 1 aliphatic heterocycles. The van der Waals surface area contributed by atoms with E-state index in [1.807, 2.05) is 31.2 Å². The average Bonchev–Trinajstić information content (AvgIpc) is 2.94. The van der Waals surface area contributed by atoms with Crippen molar-refractivity contribution in [3.63, 3.8) is 0 Å². The Morgan fingerprint density at radius 2 is 1.79 bits per heavy atom. The molecule has 0 aliphatic carbocycles. The molecule has 29 heavy (non-hydrogen) atoms. The van der Waals surface area contributed by atoms with Crippen LogP contribution in [0.3, 0.4) is 0 Å². The molecule has 1 amide bonds. The van der Waals surface area contributed by atoms with Gasteiger partial charge in [-0.3, -0.25) is 14.5 Å². The number of anilines is 1. The second kappa shape index (κ2) is 7.64. The second-order valence-corrected chi connectivity index (χ2v) is 8.52. The molecule has 0 spiro atoms. The number of ketones is 1. The summed E-state index contributed by atoms with van der Waals surface area (Å²) in [5, 5.41) is 10.5. The van der Waals surface area contributed by atoms with Gasteiger partial charge < -0.3 is 5.11 Å². The first-order valence-corrected chi connectivity index (χ1v) is 9.79. The lowest BCUT2D eigenvalue weighted by molar-refractivity contribution is -0.123. The predicted molar refractivity (Wildman–Crippen MR) is 112 cm³/mol. The van der Waals surface area contributed by atoms with Crippen molar-refractivity contribution in [1.29, 1.82) is 0 Å². The number of aryl methyl sites for hydroxylation is 1. The Hall–Kier alpha value is -2.66. The third kappa shape index (κ3) is 3.79. The molecule has 0 aromatic heterocycles. The van der Waals surface area contributed by atoms with Crippen LogP contribution in [-0.4, -0.2) is 16.8 Å². The van der Waals surface area contributed by atoms with Gasteiger partial charge in [-0.05, 0) is 35.7 Å². The van der Waals surface area contributed by atoms with E-state index in [1.165, 1.54) is 17.0 Å². The van der Waals surface area contributed by atoms with Crippen molar-refractivity contribution in [3.05, 3.63) is 75.8 Å². The van der Waals surface area contributed by atoms with Crippen LogP contribution >= 0.6 is 11.6 Å². The number of carbonyl (C=O) groups is 2. The maximum atomic E-state index is 13.7. The Morgan fingerprint density at radius 1 is 1.17 bits per heavy atom. The number of aliphatic hydroxyl groups excluding tert-OH is 1. The smallest absolute Gasteiger partial charge is 0.294 e. The van der Waals surface area contributed by atoms with Crippen molar-refractivity contribution in [1.82, 2.24) is 0 Å². The summed E-state index contributed by atoms with van der Waals surface area (Å²) in [7, 11) is 0. The van der Waals surface area contributed by atoms with E-state index in [0.29, 0.717) is 11.3 Å². The van der Waals surface area contributed by atoms with E-state index in [9.17, 15) is 19.1 Å². The lowest BCUT2D eigenvalue weighted by Crippen LogP contribution is -2.32. The Kier molecular flexibility index (Phi) is 5.54. The van der Waals surface area contributed by atoms with Crippen molar-refractivity contribution < 1.29 is 19.1 Å². The van der Waals surface area contributed by atoms with E-state index < -0.39 is 28.9 Å². The molecule has 152 valence electrons. The molecule has 0 fully saturated rings. The van der Waals surface area contributed by atoms with Crippen LogP contribution in [-0.2, 0) is 16.0 Å². The molecule has 0 saturated heterocycles. The maximum absolute atomic E-state index is 13.7. The molecule has 3 rings (SSSR count). The van der Waals surface area contributed by atoms with Crippen molar-refractivity contribution in [2.45, 2.75) is 40.2 Å². The highest BCUT2D eigenvalue weighted by Gasteiger charge is 2.46. The molecule has 1 heterocycles. The second-order valence-electron chi connectivity index (χ2n) is 8.11. The standard InChI is InChI=1S/C23H23ClFNO3/c1-5-13-6-8-14(9-7-13)19-18(21(28)23(2,3)4)20(27)22(29)26(19)15-10-11-17(25)16(24)12-15/h6-12,19,27H,5H2,1-4H3. The molecule has 0 saturated carbocycles. The van der Waals surface area contributed by atoms with Crippen LogP contribution in [0.25, 0.3) is 0 Å². The van der Waals surface area contributed by atoms with Crippen molar-refractivity contribution in [2.24, 2.45) is 5.41 Å². The topological polar surface area (TPSA) is 57.6 Å². The fraction of sp³-hybridized carbons (Fsp3) is 0.304. The fourth-order valence-electron chi connectivity index (χ4n) is 3.39. The zero-order valence-corrected chi connectivity index (χ0v) is 17.5. The van der Waals surface area contributed by atoms with Gasteiger partial charge in [-0.1, -0.05) is 63.6 Å². The first-order chi connectivity index (χ1) is 13.6. The SMILES string of the molecule is CCc1ccc(C2C(C(=O)C(C)(C)C)=C(O)C(=O)N2c2ccc(F)c(Cl)c2)cc1. The van der Waals surface area contributed by atoms with Gasteiger partial charge in [-0.25, -0.2) is 4.39 Å². The molecule has 1 unspecified atom stereocenters. The van der Waals surface area contributed by atoms with Crippen LogP contribution in [0.2, 0.25) is 5.02 Å². The molecule has 6 heteroatoms. The molecular weight excluding hydrogens is 393 g/mol. The van der Waals surface area contributed by atoms with Gasteiger partial charge in [0.2, 0.25) is 0 Å². The summed E-state index contributed by atoms with van der Waals surface area (Å²) in [6, 6.07) is 10.6. The lowest BCUT2D eigenvalue weighted by atomic mass is 9.82. The van der Waals surface area contributed by atoms with Gasteiger partial charge in [0.1, 0.15) is 5.82 Å². The summed E-state index contributed by atoms with van der Waals surface area (Å²) in [6.07, 6.45) is 0.843. The number of hydrogen-bond donors (Lipinski definition) is 1. The molecule has 2 aromatic carbocycles. The summed E-state index contributed by atoms with van der Waals surface area (Å²) in [4.78, 5) is 27.4. The van der Waals surface area contributed by atoms with Crippen LogP contribution in [0.1, 0.15) is 44.9 Å². The van der Waals surface area contributed by atoms with E-state index in [2.05, 4.69) is 0 Å². The normalized spacial score (nSPS) is 17.2. The minimum Gasteiger partial charge on any atom is -0.503 e. The highest BCUT2D eigenvalue weighted by molar-refractivity contribution is 6.31. The van der Waals surface area contributed by atoms with Gasteiger partial charge in [0.15, 0.2) is 11.5 Å². The number of Topliss-reactive ketones (excluding diaryl/α,β-unsaturated/α-hetero) is 1. The molecule has 1 atom stereocenters. The van der Waals surface area contributed by atoms with Gasteiger partial charge in [-0.15, -0.1) is 0 Å². The largest absolute Gasteiger partial charge is 0.503 e. The average molecular weight is 416 g/mol. The van der Waals surface area contributed by atoms with Crippen LogP contribution in [0.4, 0.5) is 10.1 Å². The van der Waals surface area contributed by atoms with Gasteiger partial charge in [0.05, 0.1) is 16.6 Å².